The number of β-amino-alcohol motifs (C(OH)–C–C–N with tert-alkyl or cyclic N) is 1. The number of carbonyl (C=O) groups excluding carboxylic acids is 1. The molecule has 0 unspecified atom stereocenters. The van der Waals surface area contributed by atoms with Gasteiger partial charge >= 0.3 is 0 Å². The summed E-state index contributed by atoms with van der Waals surface area (Å²) >= 11 is 0. The molecule has 2 rings (SSSR count). The molecule has 0 spiro atoms. The minimum Gasteiger partial charge on any atom is -0.389 e. The van der Waals surface area contributed by atoms with Gasteiger partial charge in [-0.2, -0.15) is 0 Å². The van der Waals surface area contributed by atoms with Crippen molar-refractivity contribution in [2.45, 2.75) is 18.9 Å². The molecular weight excluding hydrogens is 209 g/mol. The summed E-state index contributed by atoms with van der Waals surface area (Å²) in [5, 5.41) is 9.05. The van der Waals surface area contributed by atoms with Gasteiger partial charge in [0.15, 0.2) is 0 Å². The highest BCUT2D eigenvalue weighted by Gasteiger charge is 2.27. The molecule has 0 radical (unpaired) electrons. The average molecular weight is 223 g/mol. The van der Waals surface area contributed by atoms with E-state index in [1.165, 1.54) is 12.1 Å². The summed E-state index contributed by atoms with van der Waals surface area (Å²) in [7, 11) is 0. The van der Waals surface area contributed by atoms with Crippen molar-refractivity contribution in [3.8, 4) is 0 Å². The highest BCUT2D eigenvalue weighted by Crippen LogP contribution is 2.12. The van der Waals surface area contributed by atoms with Crippen LogP contribution in [0, 0.1) is 5.82 Å². The molecular formula is C12H14FNO2. The van der Waals surface area contributed by atoms with E-state index in [4.69, 9.17) is 5.11 Å². The molecule has 3 nitrogen and oxygen atoms in total. The van der Waals surface area contributed by atoms with Crippen molar-refractivity contribution in [1.82, 2.24) is 4.90 Å². The highest BCUT2D eigenvalue weighted by molar-refractivity contribution is 5.77. The third kappa shape index (κ3) is 2.58. The number of aliphatic hydroxyl groups excluding tert-OH is 1. The molecule has 1 amide bonds. The van der Waals surface area contributed by atoms with Gasteiger partial charge in [-0.25, -0.2) is 4.39 Å². The molecule has 0 saturated carbocycles. The van der Waals surface area contributed by atoms with Crippen LogP contribution in [0.2, 0.25) is 0 Å². The average Bonchev–Trinajstić information content (AvgIpc) is 2.22. The predicted octanol–water partition coefficient (Wildman–Crippen LogP) is 0.961. The molecule has 0 atom stereocenters. The second-order valence-electron chi connectivity index (χ2n) is 4.08. The Morgan fingerprint density at radius 2 is 2.25 bits per heavy atom. The van der Waals surface area contributed by atoms with E-state index < -0.39 is 0 Å². The van der Waals surface area contributed by atoms with Crippen LogP contribution in [0.3, 0.4) is 0 Å². The molecule has 1 heterocycles. The molecule has 1 aromatic carbocycles. The molecule has 1 saturated heterocycles. The van der Waals surface area contributed by atoms with Crippen molar-refractivity contribution in [3.05, 3.63) is 35.6 Å². The van der Waals surface area contributed by atoms with Gasteiger partial charge in [0.25, 0.3) is 0 Å². The smallest absolute Gasteiger partial charge is 0.223 e. The van der Waals surface area contributed by atoms with Gasteiger partial charge < -0.3 is 10.0 Å². The van der Waals surface area contributed by atoms with Crippen molar-refractivity contribution in [2.75, 3.05) is 13.1 Å². The maximum atomic E-state index is 12.9. The summed E-state index contributed by atoms with van der Waals surface area (Å²) in [5.41, 5.74) is 0.828. The lowest BCUT2D eigenvalue weighted by atomic mass is 10.1. The Hall–Kier alpha value is -1.42. The van der Waals surface area contributed by atoms with Crippen LogP contribution in [-0.4, -0.2) is 35.1 Å². The zero-order valence-electron chi connectivity index (χ0n) is 8.90. The molecule has 1 aliphatic heterocycles. The first kappa shape index (κ1) is 11.1. The van der Waals surface area contributed by atoms with E-state index in [0.717, 1.165) is 5.56 Å². The van der Waals surface area contributed by atoms with Gasteiger partial charge in [-0.1, -0.05) is 12.1 Å². The van der Waals surface area contributed by atoms with Gasteiger partial charge in [-0.3, -0.25) is 4.79 Å². The van der Waals surface area contributed by atoms with Crippen LogP contribution in [0.25, 0.3) is 0 Å². The molecule has 1 aromatic rings. The second-order valence-corrected chi connectivity index (χ2v) is 4.08. The first-order valence-corrected chi connectivity index (χ1v) is 5.35. The summed E-state index contributed by atoms with van der Waals surface area (Å²) in [6.45, 7) is 0.865. The molecule has 1 aliphatic rings. The molecule has 1 fully saturated rings. The van der Waals surface area contributed by atoms with E-state index in [1.54, 1.807) is 17.0 Å². The topological polar surface area (TPSA) is 40.5 Å². The van der Waals surface area contributed by atoms with Crippen LogP contribution in [0.4, 0.5) is 4.39 Å². The van der Waals surface area contributed by atoms with Gasteiger partial charge in [0.2, 0.25) is 5.91 Å². The van der Waals surface area contributed by atoms with Crippen molar-refractivity contribution >= 4 is 5.91 Å². The fraction of sp³-hybridized carbons (Fsp3) is 0.417. The summed E-state index contributed by atoms with van der Waals surface area (Å²) < 4.78 is 12.9. The zero-order valence-corrected chi connectivity index (χ0v) is 8.90. The van der Waals surface area contributed by atoms with Gasteiger partial charge in [0.05, 0.1) is 6.10 Å². The lowest BCUT2D eigenvalue weighted by molar-refractivity contribution is -0.141. The standard InChI is InChI=1S/C12H14FNO2/c13-10-3-1-2-9(6-10)4-5-12(16)14-7-11(15)8-14/h1-3,6,11,15H,4-5,7-8H2. The number of benzene rings is 1. The van der Waals surface area contributed by atoms with Crippen LogP contribution in [0.5, 0.6) is 0 Å². The summed E-state index contributed by atoms with van der Waals surface area (Å²) in [6, 6.07) is 6.28. The van der Waals surface area contributed by atoms with Crippen LogP contribution in [-0.2, 0) is 11.2 Å². The Labute approximate surface area is 93.5 Å². The van der Waals surface area contributed by atoms with E-state index in [1.807, 2.05) is 0 Å². The van der Waals surface area contributed by atoms with Crippen LogP contribution >= 0.6 is 0 Å². The van der Waals surface area contributed by atoms with Gasteiger partial charge in [0.1, 0.15) is 5.82 Å². The largest absolute Gasteiger partial charge is 0.389 e. The maximum absolute atomic E-state index is 12.9. The first-order chi connectivity index (χ1) is 7.65. The number of amides is 1. The number of aliphatic hydroxyl groups is 1. The number of aryl methyl sites for hydroxylation is 1. The molecule has 0 aliphatic carbocycles. The number of likely N-dealkylation sites (tertiary alicyclic amines) is 1. The fourth-order valence-electron chi connectivity index (χ4n) is 1.76. The quantitative estimate of drug-likeness (QED) is 0.829. The Morgan fingerprint density at radius 3 is 2.88 bits per heavy atom. The SMILES string of the molecule is O=C(CCc1cccc(F)c1)N1CC(O)C1. The van der Waals surface area contributed by atoms with Crippen molar-refractivity contribution in [2.24, 2.45) is 0 Å². The minimum absolute atomic E-state index is 0.0227. The Bertz CT molecular complexity index is 388. The number of rotatable bonds is 3. The van der Waals surface area contributed by atoms with E-state index in [-0.39, 0.29) is 17.8 Å². The molecule has 86 valence electrons. The third-order valence-corrected chi connectivity index (χ3v) is 2.73. The number of nitrogens with zero attached hydrogens (tertiary/aromatic N) is 1. The normalized spacial score (nSPS) is 16.0. The van der Waals surface area contributed by atoms with E-state index in [9.17, 15) is 9.18 Å². The minimum atomic E-state index is -0.363. The lowest BCUT2D eigenvalue weighted by Gasteiger charge is -2.35. The van der Waals surface area contributed by atoms with E-state index >= 15 is 0 Å². The lowest BCUT2D eigenvalue weighted by Crippen LogP contribution is -2.53. The zero-order chi connectivity index (χ0) is 11.5. The fourth-order valence-corrected chi connectivity index (χ4v) is 1.76. The van der Waals surface area contributed by atoms with Gasteiger partial charge in [-0.05, 0) is 24.1 Å². The summed E-state index contributed by atoms with van der Waals surface area (Å²) in [4.78, 5) is 13.2. The Balaban J connectivity index is 1.81. The molecule has 0 bridgehead atoms. The summed E-state index contributed by atoms with van der Waals surface area (Å²) in [5.74, 6) is -0.251. The molecule has 0 aromatic heterocycles. The first-order valence-electron chi connectivity index (χ1n) is 5.35. The van der Waals surface area contributed by atoms with Gasteiger partial charge in [-0.15, -0.1) is 0 Å². The number of hydrogen-bond acceptors (Lipinski definition) is 2. The predicted molar refractivity (Wildman–Crippen MR) is 57.3 cm³/mol. The molecule has 16 heavy (non-hydrogen) atoms. The molecule has 4 heteroatoms. The van der Waals surface area contributed by atoms with E-state index in [2.05, 4.69) is 0 Å². The van der Waals surface area contributed by atoms with Crippen molar-refractivity contribution in [3.63, 3.8) is 0 Å². The van der Waals surface area contributed by atoms with E-state index in [0.29, 0.717) is 25.9 Å². The number of hydrogen-bond donors (Lipinski definition) is 1. The number of carbonyl (C=O) groups is 1. The maximum Gasteiger partial charge on any atom is 0.223 e. The monoisotopic (exact) mass is 223 g/mol. The highest BCUT2D eigenvalue weighted by atomic mass is 19.1. The Morgan fingerprint density at radius 1 is 1.50 bits per heavy atom. The second kappa shape index (κ2) is 4.61. The summed E-state index contributed by atoms with van der Waals surface area (Å²) in [6.07, 6.45) is 0.553. The van der Waals surface area contributed by atoms with Gasteiger partial charge in [0, 0.05) is 19.5 Å². The molecule has 1 N–H and O–H groups in total. The third-order valence-electron chi connectivity index (χ3n) is 2.73. The van der Waals surface area contributed by atoms with Crippen LogP contribution in [0.1, 0.15) is 12.0 Å². The number of halogens is 1. The van der Waals surface area contributed by atoms with Crippen LogP contribution < -0.4 is 0 Å². The Kier molecular flexibility index (Phi) is 3.19. The van der Waals surface area contributed by atoms with Crippen LogP contribution in [0.15, 0.2) is 24.3 Å². The van der Waals surface area contributed by atoms with Crippen molar-refractivity contribution < 1.29 is 14.3 Å². The van der Waals surface area contributed by atoms with Crippen molar-refractivity contribution in [1.29, 1.82) is 0 Å².